The number of pyridine rings is 1. The Morgan fingerprint density at radius 2 is 2.32 bits per heavy atom. The molecule has 2 rings (SSSR count). The van der Waals surface area contributed by atoms with Crippen molar-refractivity contribution in [2.45, 2.75) is 0 Å². The molecule has 0 spiro atoms. The molecule has 0 aliphatic rings. The normalized spacial score (nSPS) is 10.2. The number of aromatic nitrogens is 4. The molecule has 9 heteroatoms. The highest BCUT2D eigenvalue weighted by Gasteiger charge is 2.14. The van der Waals surface area contributed by atoms with Gasteiger partial charge in [0, 0.05) is 6.20 Å². The molecule has 2 aromatic rings. The molecular weight excluding hydrogens is 276 g/mol. The maximum Gasteiger partial charge on any atom is 0.344 e. The number of esters is 1. The molecule has 0 fully saturated rings. The Kier molecular flexibility index (Phi) is 3.81. The van der Waals surface area contributed by atoms with Crippen LogP contribution < -0.4 is 4.74 Å². The van der Waals surface area contributed by atoms with E-state index in [4.69, 9.17) is 16.3 Å². The number of hydrogen-bond donors (Lipinski definition) is 1. The Hall–Kier alpha value is -2.35. The van der Waals surface area contributed by atoms with Gasteiger partial charge in [-0.05, 0) is 12.1 Å². The molecule has 0 amide bonds. The first-order valence-electron chi connectivity index (χ1n) is 5.08. The smallest absolute Gasteiger partial charge is 0.344 e. The van der Waals surface area contributed by atoms with Crippen molar-refractivity contribution in [2.75, 3.05) is 13.7 Å². The summed E-state index contributed by atoms with van der Waals surface area (Å²) in [5.74, 6) is -0.517. The summed E-state index contributed by atoms with van der Waals surface area (Å²) in [6, 6.07) is 2.98. The van der Waals surface area contributed by atoms with Crippen molar-refractivity contribution in [3.63, 3.8) is 0 Å². The van der Waals surface area contributed by atoms with E-state index in [2.05, 4.69) is 19.8 Å². The first-order chi connectivity index (χ1) is 9.10. The molecule has 0 aliphatic carbocycles. The van der Waals surface area contributed by atoms with Gasteiger partial charge in [-0.2, -0.15) is 4.98 Å². The van der Waals surface area contributed by atoms with Crippen LogP contribution in [0.5, 0.6) is 6.01 Å². The van der Waals surface area contributed by atoms with Gasteiger partial charge in [-0.1, -0.05) is 21.5 Å². The summed E-state index contributed by atoms with van der Waals surface area (Å²) < 4.78 is 9.32. The molecule has 2 heterocycles. The highest BCUT2D eigenvalue weighted by molar-refractivity contribution is 6.30. The van der Waals surface area contributed by atoms with Crippen LogP contribution in [0.1, 0.15) is 0 Å². The van der Waals surface area contributed by atoms with E-state index in [0.717, 1.165) is 0 Å². The van der Waals surface area contributed by atoms with Crippen molar-refractivity contribution in [1.29, 1.82) is 0 Å². The largest absolute Gasteiger partial charge is 0.466 e. The van der Waals surface area contributed by atoms with Crippen LogP contribution in [0.25, 0.3) is 11.5 Å². The van der Waals surface area contributed by atoms with E-state index in [-0.39, 0.29) is 18.4 Å². The summed E-state index contributed by atoms with van der Waals surface area (Å²) in [7, 11) is 1.23. The lowest BCUT2D eigenvalue weighted by Gasteiger charge is -1.97. The lowest BCUT2D eigenvalue weighted by molar-refractivity contribution is -0.143. The minimum Gasteiger partial charge on any atom is -0.466 e. The number of carbonyl (C=O) groups excluding carboxylic acids is 1. The van der Waals surface area contributed by atoms with Crippen LogP contribution in [-0.4, -0.2) is 44.8 Å². The van der Waals surface area contributed by atoms with Crippen LogP contribution in [0.2, 0.25) is 5.02 Å². The van der Waals surface area contributed by atoms with E-state index in [1.54, 1.807) is 12.1 Å². The highest BCUT2D eigenvalue weighted by atomic mass is 35.5. The van der Waals surface area contributed by atoms with Crippen molar-refractivity contribution < 1.29 is 19.5 Å². The summed E-state index contributed by atoms with van der Waals surface area (Å²) in [5, 5.41) is 13.6. The Labute approximate surface area is 112 Å². The molecule has 0 unspecified atom stereocenters. The van der Waals surface area contributed by atoms with Crippen molar-refractivity contribution in [3.05, 3.63) is 23.4 Å². The van der Waals surface area contributed by atoms with Gasteiger partial charge in [0.2, 0.25) is 5.82 Å². The van der Waals surface area contributed by atoms with Crippen LogP contribution in [0.4, 0.5) is 0 Å². The predicted octanol–water partition coefficient (Wildman–Crippen LogP) is 0.783. The van der Waals surface area contributed by atoms with Crippen LogP contribution in [-0.2, 0) is 9.53 Å². The number of methoxy groups -OCH3 is 1. The Bertz CT molecular complexity index is 584. The Balaban J connectivity index is 2.16. The Morgan fingerprint density at radius 3 is 2.95 bits per heavy atom. The van der Waals surface area contributed by atoms with Crippen LogP contribution in [0.3, 0.4) is 0 Å². The van der Waals surface area contributed by atoms with Crippen LogP contribution in [0.15, 0.2) is 18.3 Å². The summed E-state index contributed by atoms with van der Waals surface area (Å²) in [6.07, 6.45) is 1.40. The minimum absolute atomic E-state index is 0.0662. The molecule has 0 radical (unpaired) electrons. The average Bonchev–Trinajstić information content (AvgIpc) is 2.78. The molecule has 1 N–H and O–H groups in total. The van der Waals surface area contributed by atoms with Gasteiger partial charge >= 0.3 is 12.0 Å². The van der Waals surface area contributed by atoms with Gasteiger partial charge in [0.25, 0.3) is 0 Å². The third kappa shape index (κ3) is 3.10. The van der Waals surface area contributed by atoms with E-state index in [1.165, 1.54) is 13.3 Å². The van der Waals surface area contributed by atoms with E-state index < -0.39 is 5.97 Å². The second kappa shape index (κ2) is 5.53. The minimum atomic E-state index is -0.583. The molecule has 100 valence electrons. The molecule has 8 nitrogen and oxygen atoms in total. The molecule has 19 heavy (non-hydrogen) atoms. The molecule has 0 aromatic carbocycles. The highest BCUT2D eigenvalue weighted by Crippen LogP contribution is 2.18. The zero-order valence-corrected chi connectivity index (χ0v) is 10.5. The first-order valence-corrected chi connectivity index (χ1v) is 5.46. The van der Waals surface area contributed by atoms with Gasteiger partial charge in [-0.3, -0.25) is 4.98 Å². The first kappa shape index (κ1) is 13.1. The Morgan fingerprint density at radius 1 is 1.53 bits per heavy atom. The zero-order valence-electron chi connectivity index (χ0n) is 9.78. The third-order valence-corrected chi connectivity index (χ3v) is 2.30. The third-order valence-electron chi connectivity index (χ3n) is 2.07. The van der Waals surface area contributed by atoms with Crippen LogP contribution >= 0.6 is 11.6 Å². The maximum atomic E-state index is 10.9. The lowest BCUT2D eigenvalue weighted by Crippen LogP contribution is -2.13. The fourth-order valence-corrected chi connectivity index (χ4v) is 1.31. The summed E-state index contributed by atoms with van der Waals surface area (Å²) >= 11 is 5.70. The number of ether oxygens (including phenoxy) is 2. The second-order valence-corrected chi connectivity index (χ2v) is 3.77. The molecule has 0 aliphatic heterocycles. The van der Waals surface area contributed by atoms with Crippen LogP contribution in [0, 0.1) is 0 Å². The monoisotopic (exact) mass is 284 g/mol. The lowest BCUT2D eigenvalue weighted by atomic mass is 10.3. The number of halogens is 1. The van der Waals surface area contributed by atoms with Crippen molar-refractivity contribution in [2.24, 2.45) is 0 Å². The second-order valence-electron chi connectivity index (χ2n) is 3.33. The SMILES string of the molecule is COC(=O)COc1nc(-c2ccc(Cl)cn2)n(O)n1. The van der Waals surface area contributed by atoms with E-state index in [9.17, 15) is 10.0 Å². The number of hydrogen-bond acceptors (Lipinski definition) is 7. The van der Waals surface area contributed by atoms with E-state index in [0.29, 0.717) is 15.6 Å². The maximum absolute atomic E-state index is 10.9. The summed E-state index contributed by atoms with van der Waals surface area (Å²) in [6.45, 7) is -0.353. The topological polar surface area (TPSA) is 99.4 Å². The van der Waals surface area contributed by atoms with Gasteiger partial charge in [-0.25, -0.2) is 4.79 Å². The fraction of sp³-hybridized carbons (Fsp3) is 0.200. The number of carbonyl (C=O) groups is 1. The van der Waals surface area contributed by atoms with Gasteiger partial charge in [0.1, 0.15) is 5.69 Å². The molecule has 2 aromatic heterocycles. The standard InChI is InChI=1S/C10H9ClN4O4/c1-18-8(16)5-19-10-13-9(15(17)14-10)7-3-2-6(11)4-12-7/h2-4,17H,5H2,1H3. The van der Waals surface area contributed by atoms with Crippen molar-refractivity contribution >= 4 is 17.6 Å². The van der Waals surface area contributed by atoms with E-state index in [1.807, 2.05) is 0 Å². The summed E-state index contributed by atoms with van der Waals surface area (Å²) in [5.41, 5.74) is 0.354. The zero-order chi connectivity index (χ0) is 13.8. The summed E-state index contributed by atoms with van der Waals surface area (Å²) in [4.78, 5) is 19.2. The fourth-order valence-electron chi connectivity index (χ4n) is 1.20. The average molecular weight is 285 g/mol. The number of nitrogens with zero attached hydrogens (tertiary/aromatic N) is 4. The van der Waals surface area contributed by atoms with Crippen molar-refractivity contribution in [1.82, 2.24) is 19.9 Å². The molecule has 0 atom stereocenters. The molecule has 0 saturated carbocycles. The van der Waals surface area contributed by atoms with Gasteiger partial charge in [0.05, 0.1) is 12.1 Å². The van der Waals surface area contributed by atoms with Gasteiger partial charge in [0.15, 0.2) is 6.61 Å². The van der Waals surface area contributed by atoms with Crippen molar-refractivity contribution in [3.8, 4) is 17.5 Å². The predicted molar refractivity (Wildman–Crippen MR) is 63.0 cm³/mol. The van der Waals surface area contributed by atoms with Gasteiger partial charge in [-0.15, -0.1) is 0 Å². The molecule has 0 saturated heterocycles. The quantitative estimate of drug-likeness (QED) is 0.654. The van der Waals surface area contributed by atoms with E-state index >= 15 is 0 Å². The molecule has 0 bridgehead atoms. The molecular formula is C10H9ClN4O4. The number of rotatable bonds is 4. The van der Waals surface area contributed by atoms with Gasteiger partial charge < -0.3 is 14.7 Å².